The van der Waals surface area contributed by atoms with Gasteiger partial charge in [-0.05, 0) is 43.7 Å². The number of nitrogens with zero attached hydrogens (tertiary/aromatic N) is 1. The third kappa shape index (κ3) is 4.60. The van der Waals surface area contributed by atoms with Crippen molar-refractivity contribution in [1.82, 2.24) is 4.31 Å². The number of rotatable bonds is 6. The lowest BCUT2D eigenvalue weighted by Gasteiger charge is -2.24. The van der Waals surface area contributed by atoms with E-state index in [1.165, 1.54) is 30.3 Å². The average molecular weight is 497 g/mol. The maximum absolute atomic E-state index is 13.2. The van der Waals surface area contributed by atoms with Crippen molar-refractivity contribution >= 4 is 44.9 Å². The fourth-order valence-corrected chi connectivity index (χ4v) is 5.57. The minimum Gasteiger partial charge on any atom is -0.324 e. The predicted molar refractivity (Wildman–Crippen MR) is 128 cm³/mol. The lowest BCUT2D eigenvalue weighted by atomic mass is 10.0. The standard InChI is InChI=1S/C25H21ClN2O5S/c1-16-7-10-19(11-8-16)34(32,33)28-22(13-14-23(28)29)25(31)27-21-12-9-18(26)15-20(21)24(30)17-5-3-2-4-6-17/h2-12,15,22H,13-14H2,1H3,(H,27,31)/t22-/m0/s1. The van der Waals surface area contributed by atoms with Gasteiger partial charge in [0.15, 0.2) is 5.78 Å². The van der Waals surface area contributed by atoms with E-state index in [9.17, 15) is 22.8 Å². The Hall–Kier alpha value is -3.49. The molecule has 3 aromatic rings. The van der Waals surface area contributed by atoms with Gasteiger partial charge in [0.05, 0.1) is 10.6 Å². The fraction of sp³-hybridized carbons (Fsp3) is 0.160. The van der Waals surface area contributed by atoms with E-state index in [2.05, 4.69) is 5.32 Å². The Kier molecular flexibility index (Phi) is 6.54. The van der Waals surface area contributed by atoms with Crippen LogP contribution in [0.4, 0.5) is 5.69 Å². The first-order valence-corrected chi connectivity index (χ1v) is 12.3. The number of aryl methyl sites for hydroxylation is 1. The largest absolute Gasteiger partial charge is 0.324 e. The number of carbonyl (C=O) groups is 3. The molecule has 1 aliphatic rings. The van der Waals surface area contributed by atoms with Crippen LogP contribution in [-0.2, 0) is 19.6 Å². The summed E-state index contributed by atoms with van der Waals surface area (Å²) in [5.41, 5.74) is 1.60. The van der Waals surface area contributed by atoms with Crippen molar-refractivity contribution < 1.29 is 22.8 Å². The van der Waals surface area contributed by atoms with Crippen LogP contribution in [0, 0.1) is 6.92 Å². The van der Waals surface area contributed by atoms with E-state index in [0.29, 0.717) is 14.9 Å². The van der Waals surface area contributed by atoms with Crippen LogP contribution in [-0.4, -0.2) is 36.4 Å². The number of benzene rings is 3. The summed E-state index contributed by atoms with van der Waals surface area (Å²) in [7, 11) is -4.23. The molecule has 34 heavy (non-hydrogen) atoms. The van der Waals surface area contributed by atoms with Gasteiger partial charge in [0.25, 0.3) is 10.0 Å². The van der Waals surface area contributed by atoms with E-state index in [-0.39, 0.29) is 34.8 Å². The number of hydrogen-bond acceptors (Lipinski definition) is 5. The monoisotopic (exact) mass is 496 g/mol. The van der Waals surface area contributed by atoms with Crippen LogP contribution in [0.1, 0.15) is 34.3 Å². The van der Waals surface area contributed by atoms with Crippen LogP contribution in [0.25, 0.3) is 0 Å². The molecule has 0 bridgehead atoms. The SMILES string of the molecule is Cc1ccc(S(=O)(=O)N2C(=O)CC[C@H]2C(=O)Nc2ccc(Cl)cc2C(=O)c2ccccc2)cc1. The van der Waals surface area contributed by atoms with Gasteiger partial charge < -0.3 is 5.32 Å². The Bertz CT molecular complexity index is 1370. The summed E-state index contributed by atoms with van der Waals surface area (Å²) < 4.78 is 27.0. The van der Waals surface area contributed by atoms with Crippen LogP contribution in [0.5, 0.6) is 0 Å². The number of amides is 2. The molecule has 3 aromatic carbocycles. The van der Waals surface area contributed by atoms with E-state index < -0.39 is 27.9 Å². The third-order valence-corrected chi connectivity index (χ3v) is 7.64. The van der Waals surface area contributed by atoms with Crippen molar-refractivity contribution in [2.24, 2.45) is 0 Å². The molecule has 4 rings (SSSR count). The second kappa shape index (κ2) is 9.40. The van der Waals surface area contributed by atoms with Gasteiger partial charge in [0.1, 0.15) is 6.04 Å². The summed E-state index contributed by atoms with van der Waals surface area (Å²) >= 11 is 6.10. The summed E-state index contributed by atoms with van der Waals surface area (Å²) in [4.78, 5) is 38.7. The van der Waals surface area contributed by atoms with Gasteiger partial charge in [0.2, 0.25) is 11.8 Å². The molecular weight excluding hydrogens is 476 g/mol. The van der Waals surface area contributed by atoms with Crippen LogP contribution in [0.3, 0.4) is 0 Å². The molecule has 2 amide bonds. The summed E-state index contributed by atoms with van der Waals surface area (Å²) in [5.74, 6) is -1.71. The molecule has 174 valence electrons. The molecule has 1 fully saturated rings. The summed E-state index contributed by atoms with van der Waals surface area (Å²) in [6, 6.07) is 17.7. The van der Waals surface area contributed by atoms with E-state index >= 15 is 0 Å². The molecule has 0 aliphatic carbocycles. The Labute approximate surface area is 202 Å². The molecule has 7 nitrogen and oxygen atoms in total. The second-order valence-corrected chi connectivity index (χ2v) is 10.2. The molecule has 1 saturated heterocycles. The normalized spacial score (nSPS) is 15.9. The lowest BCUT2D eigenvalue weighted by molar-refractivity contribution is -0.128. The van der Waals surface area contributed by atoms with Crippen molar-refractivity contribution in [2.75, 3.05) is 5.32 Å². The first-order chi connectivity index (χ1) is 16.2. The Morgan fingerprint density at radius 1 is 1.00 bits per heavy atom. The zero-order valence-corrected chi connectivity index (χ0v) is 19.8. The molecule has 0 saturated carbocycles. The van der Waals surface area contributed by atoms with Gasteiger partial charge in [-0.2, -0.15) is 0 Å². The maximum Gasteiger partial charge on any atom is 0.267 e. The number of halogens is 1. The Balaban J connectivity index is 1.64. The fourth-order valence-electron chi connectivity index (χ4n) is 3.80. The third-order valence-electron chi connectivity index (χ3n) is 5.56. The lowest BCUT2D eigenvalue weighted by Crippen LogP contribution is -2.45. The topological polar surface area (TPSA) is 101 Å². The molecular formula is C25H21ClN2O5S. The van der Waals surface area contributed by atoms with Gasteiger partial charge in [-0.1, -0.05) is 59.6 Å². The molecule has 1 atom stereocenters. The number of nitrogens with one attached hydrogen (secondary N) is 1. The van der Waals surface area contributed by atoms with E-state index in [1.54, 1.807) is 42.5 Å². The number of anilines is 1. The minimum atomic E-state index is -4.23. The van der Waals surface area contributed by atoms with Crippen LogP contribution >= 0.6 is 11.6 Å². The Morgan fingerprint density at radius 2 is 1.68 bits per heavy atom. The first-order valence-electron chi connectivity index (χ1n) is 10.5. The minimum absolute atomic E-state index is 0.0330. The molecule has 0 spiro atoms. The number of hydrogen-bond donors (Lipinski definition) is 1. The number of carbonyl (C=O) groups excluding carboxylic acids is 3. The summed E-state index contributed by atoms with van der Waals surface area (Å²) in [6.45, 7) is 1.81. The number of sulfonamides is 1. The predicted octanol–water partition coefficient (Wildman–Crippen LogP) is 4.20. The van der Waals surface area contributed by atoms with Gasteiger partial charge >= 0.3 is 0 Å². The first kappa shape index (κ1) is 23.7. The highest BCUT2D eigenvalue weighted by molar-refractivity contribution is 7.89. The quantitative estimate of drug-likeness (QED) is 0.515. The summed E-state index contributed by atoms with van der Waals surface area (Å²) in [5, 5.41) is 2.94. The molecule has 1 N–H and O–H groups in total. The van der Waals surface area contributed by atoms with Crippen LogP contribution in [0.15, 0.2) is 77.7 Å². The van der Waals surface area contributed by atoms with Crippen molar-refractivity contribution in [2.45, 2.75) is 30.7 Å². The average Bonchev–Trinajstić information content (AvgIpc) is 3.23. The van der Waals surface area contributed by atoms with Crippen LogP contribution in [0.2, 0.25) is 5.02 Å². The van der Waals surface area contributed by atoms with Crippen molar-refractivity contribution in [3.63, 3.8) is 0 Å². The molecule has 0 unspecified atom stereocenters. The Morgan fingerprint density at radius 3 is 2.35 bits per heavy atom. The highest BCUT2D eigenvalue weighted by Gasteiger charge is 2.44. The zero-order valence-electron chi connectivity index (χ0n) is 18.2. The van der Waals surface area contributed by atoms with Gasteiger partial charge in [-0.15, -0.1) is 0 Å². The molecule has 9 heteroatoms. The molecule has 1 heterocycles. The van der Waals surface area contributed by atoms with Crippen molar-refractivity contribution in [1.29, 1.82) is 0 Å². The molecule has 0 radical (unpaired) electrons. The van der Waals surface area contributed by atoms with Crippen molar-refractivity contribution in [3.8, 4) is 0 Å². The smallest absolute Gasteiger partial charge is 0.267 e. The van der Waals surface area contributed by atoms with Crippen molar-refractivity contribution in [3.05, 3.63) is 94.5 Å². The van der Waals surface area contributed by atoms with E-state index in [1.807, 2.05) is 6.92 Å². The summed E-state index contributed by atoms with van der Waals surface area (Å²) in [6.07, 6.45) is -0.0507. The maximum atomic E-state index is 13.2. The van der Waals surface area contributed by atoms with E-state index in [4.69, 9.17) is 11.6 Å². The van der Waals surface area contributed by atoms with Gasteiger partial charge in [-0.25, -0.2) is 12.7 Å². The van der Waals surface area contributed by atoms with Gasteiger partial charge in [-0.3, -0.25) is 14.4 Å². The second-order valence-electron chi connectivity index (χ2n) is 7.94. The van der Waals surface area contributed by atoms with Crippen LogP contribution < -0.4 is 5.32 Å². The molecule has 0 aromatic heterocycles. The molecule has 1 aliphatic heterocycles. The van der Waals surface area contributed by atoms with Gasteiger partial charge in [0, 0.05) is 22.6 Å². The zero-order chi connectivity index (χ0) is 24.5. The highest BCUT2D eigenvalue weighted by Crippen LogP contribution is 2.30. The number of ketones is 1. The van der Waals surface area contributed by atoms with E-state index in [0.717, 1.165) is 5.56 Å². The highest BCUT2D eigenvalue weighted by atomic mass is 35.5.